The molecule has 2 aliphatic rings. The second kappa shape index (κ2) is 5.29. The second-order valence-electron chi connectivity index (χ2n) is 6.40. The summed E-state index contributed by atoms with van der Waals surface area (Å²) in [5, 5.41) is 32.9. The zero-order valence-electron chi connectivity index (χ0n) is 12.5. The SMILES string of the molecule is Nc1nc(NC2CC2)c2ncn(C3CC(CO)C(O)C3O)c2n1. The summed E-state index contributed by atoms with van der Waals surface area (Å²) in [4.78, 5) is 12.8. The normalized spacial score (nSPS) is 30.9. The lowest BCUT2D eigenvalue weighted by molar-refractivity contribution is -0.00370. The summed E-state index contributed by atoms with van der Waals surface area (Å²) in [5.41, 5.74) is 6.93. The minimum absolute atomic E-state index is 0.133. The molecule has 2 aliphatic carbocycles. The maximum absolute atomic E-state index is 10.3. The minimum Gasteiger partial charge on any atom is -0.396 e. The molecule has 0 spiro atoms. The van der Waals surface area contributed by atoms with Crippen molar-refractivity contribution in [2.24, 2.45) is 5.92 Å². The number of anilines is 2. The summed E-state index contributed by atoms with van der Waals surface area (Å²) >= 11 is 0. The van der Waals surface area contributed by atoms with Gasteiger partial charge in [0.2, 0.25) is 5.95 Å². The van der Waals surface area contributed by atoms with Crippen LogP contribution in [0.25, 0.3) is 11.2 Å². The largest absolute Gasteiger partial charge is 0.396 e. The van der Waals surface area contributed by atoms with Gasteiger partial charge in [-0.15, -0.1) is 0 Å². The standard InChI is InChI=1S/C14H20N6O3/c15-14-18-12(17-7-1-2-7)9-13(19-14)20(5-16-9)8-3-6(4-21)10(22)11(8)23/h5-8,10-11,21-23H,1-4H2,(H3,15,17,18,19). The molecule has 23 heavy (non-hydrogen) atoms. The van der Waals surface area contributed by atoms with Crippen molar-refractivity contribution in [3.8, 4) is 0 Å². The molecule has 0 aromatic carbocycles. The lowest BCUT2D eigenvalue weighted by Crippen LogP contribution is -2.30. The van der Waals surface area contributed by atoms with Crippen molar-refractivity contribution in [2.75, 3.05) is 17.7 Å². The zero-order chi connectivity index (χ0) is 16.1. The Kier molecular flexibility index (Phi) is 3.36. The van der Waals surface area contributed by atoms with Gasteiger partial charge in [0, 0.05) is 18.6 Å². The smallest absolute Gasteiger partial charge is 0.224 e. The Morgan fingerprint density at radius 3 is 2.70 bits per heavy atom. The number of hydrogen-bond donors (Lipinski definition) is 5. The van der Waals surface area contributed by atoms with E-state index in [2.05, 4.69) is 20.3 Å². The van der Waals surface area contributed by atoms with Gasteiger partial charge < -0.3 is 30.9 Å². The molecule has 4 atom stereocenters. The Morgan fingerprint density at radius 2 is 2.04 bits per heavy atom. The molecule has 4 rings (SSSR count). The van der Waals surface area contributed by atoms with Crippen LogP contribution in [0.1, 0.15) is 25.3 Å². The highest BCUT2D eigenvalue weighted by Gasteiger charge is 2.42. The number of nitrogen functional groups attached to an aromatic ring is 1. The van der Waals surface area contributed by atoms with Gasteiger partial charge in [-0.25, -0.2) is 4.98 Å². The van der Waals surface area contributed by atoms with Crippen molar-refractivity contribution in [1.29, 1.82) is 0 Å². The molecule has 0 radical (unpaired) electrons. The molecule has 124 valence electrons. The van der Waals surface area contributed by atoms with Crippen LogP contribution in [0.5, 0.6) is 0 Å². The number of nitrogens with one attached hydrogen (secondary N) is 1. The van der Waals surface area contributed by atoms with E-state index in [4.69, 9.17) is 5.73 Å². The van der Waals surface area contributed by atoms with Crippen LogP contribution in [0.4, 0.5) is 11.8 Å². The number of aromatic nitrogens is 4. The van der Waals surface area contributed by atoms with Crippen LogP contribution in [0.3, 0.4) is 0 Å². The molecular weight excluding hydrogens is 300 g/mol. The van der Waals surface area contributed by atoms with E-state index in [1.807, 2.05) is 0 Å². The summed E-state index contributed by atoms with van der Waals surface area (Å²) in [6.45, 7) is -0.174. The highest BCUT2D eigenvalue weighted by atomic mass is 16.3. The molecule has 9 heteroatoms. The monoisotopic (exact) mass is 320 g/mol. The van der Waals surface area contributed by atoms with Gasteiger partial charge >= 0.3 is 0 Å². The number of nitrogens with two attached hydrogens (primary N) is 1. The first-order valence-electron chi connectivity index (χ1n) is 7.82. The second-order valence-corrected chi connectivity index (χ2v) is 6.40. The van der Waals surface area contributed by atoms with Crippen LogP contribution in [0, 0.1) is 5.92 Å². The van der Waals surface area contributed by atoms with Crippen LogP contribution in [-0.4, -0.2) is 59.7 Å². The van der Waals surface area contributed by atoms with Crippen LogP contribution < -0.4 is 11.1 Å². The van der Waals surface area contributed by atoms with Gasteiger partial charge in [-0.2, -0.15) is 9.97 Å². The third kappa shape index (κ3) is 2.41. The molecule has 2 saturated carbocycles. The van der Waals surface area contributed by atoms with Crippen molar-refractivity contribution in [1.82, 2.24) is 19.5 Å². The lowest BCUT2D eigenvalue weighted by Gasteiger charge is -2.18. The highest BCUT2D eigenvalue weighted by molar-refractivity contribution is 5.84. The molecule has 2 heterocycles. The molecule has 0 aliphatic heterocycles. The molecule has 2 aromatic heterocycles. The Bertz CT molecular complexity index is 731. The first kappa shape index (κ1) is 14.6. The summed E-state index contributed by atoms with van der Waals surface area (Å²) < 4.78 is 1.72. The van der Waals surface area contributed by atoms with Crippen molar-refractivity contribution < 1.29 is 15.3 Å². The molecule has 0 amide bonds. The van der Waals surface area contributed by atoms with E-state index in [-0.39, 0.29) is 18.5 Å². The third-order valence-corrected chi connectivity index (χ3v) is 4.72. The summed E-state index contributed by atoms with van der Waals surface area (Å²) in [7, 11) is 0. The molecule has 9 nitrogen and oxygen atoms in total. The predicted octanol–water partition coefficient (Wildman–Crippen LogP) is -0.742. The Labute approximate surface area is 132 Å². The average molecular weight is 320 g/mol. The number of nitrogens with zero attached hydrogens (tertiary/aromatic N) is 4. The first-order chi connectivity index (χ1) is 11.1. The van der Waals surface area contributed by atoms with E-state index in [1.54, 1.807) is 10.9 Å². The highest BCUT2D eigenvalue weighted by Crippen LogP contribution is 2.37. The maximum atomic E-state index is 10.3. The Hall–Kier alpha value is -1.97. The fourth-order valence-electron chi connectivity index (χ4n) is 3.25. The van der Waals surface area contributed by atoms with Crippen LogP contribution in [0.15, 0.2) is 6.33 Å². The summed E-state index contributed by atoms with van der Waals surface area (Å²) in [6, 6.07) is -0.00876. The summed E-state index contributed by atoms with van der Waals surface area (Å²) in [6.07, 6.45) is 2.26. The molecule has 6 N–H and O–H groups in total. The Balaban J connectivity index is 1.74. The quantitative estimate of drug-likeness (QED) is 0.495. The van der Waals surface area contributed by atoms with Crippen molar-refractivity contribution in [2.45, 2.75) is 43.6 Å². The van der Waals surface area contributed by atoms with E-state index in [0.717, 1.165) is 12.8 Å². The van der Waals surface area contributed by atoms with E-state index in [9.17, 15) is 15.3 Å². The van der Waals surface area contributed by atoms with Gasteiger partial charge in [0.25, 0.3) is 0 Å². The van der Waals surface area contributed by atoms with E-state index in [0.29, 0.717) is 29.4 Å². The van der Waals surface area contributed by atoms with E-state index >= 15 is 0 Å². The van der Waals surface area contributed by atoms with Gasteiger partial charge in [0.1, 0.15) is 6.10 Å². The number of hydrogen-bond acceptors (Lipinski definition) is 8. The maximum Gasteiger partial charge on any atom is 0.224 e. The van der Waals surface area contributed by atoms with Crippen LogP contribution in [-0.2, 0) is 0 Å². The number of rotatable bonds is 4. The van der Waals surface area contributed by atoms with Crippen molar-refractivity contribution >= 4 is 22.9 Å². The van der Waals surface area contributed by atoms with Gasteiger partial charge in [-0.05, 0) is 19.3 Å². The lowest BCUT2D eigenvalue weighted by atomic mass is 10.1. The molecular formula is C14H20N6O3. The third-order valence-electron chi connectivity index (χ3n) is 4.72. The topological polar surface area (TPSA) is 142 Å². The predicted molar refractivity (Wildman–Crippen MR) is 82.6 cm³/mol. The fourth-order valence-corrected chi connectivity index (χ4v) is 3.25. The van der Waals surface area contributed by atoms with Crippen LogP contribution >= 0.6 is 0 Å². The molecule has 0 bridgehead atoms. The van der Waals surface area contributed by atoms with Crippen molar-refractivity contribution in [3.63, 3.8) is 0 Å². The number of aliphatic hydroxyl groups excluding tert-OH is 3. The molecule has 0 saturated heterocycles. The number of imidazole rings is 1. The van der Waals surface area contributed by atoms with Gasteiger partial charge in [0.15, 0.2) is 17.0 Å². The van der Waals surface area contributed by atoms with Gasteiger partial charge in [0.05, 0.1) is 18.5 Å². The number of fused-ring (bicyclic) bond motifs is 1. The molecule has 2 fully saturated rings. The Morgan fingerprint density at radius 1 is 1.26 bits per heavy atom. The van der Waals surface area contributed by atoms with E-state index in [1.165, 1.54) is 0 Å². The molecule has 2 aromatic rings. The van der Waals surface area contributed by atoms with Crippen LogP contribution in [0.2, 0.25) is 0 Å². The fraction of sp³-hybridized carbons (Fsp3) is 0.643. The zero-order valence-corrected chi connectivity index (χ0v) is 12.5. The number of aliphatic hydroxyl groups is 3. The van der Waals surface area contributed by atoms with Gasteiger partial charge in [-0.1, -0.05) is 0 Å². The van der Waals surface area contributed by atoms with Crippen molar-refractivity contribution in [3.05, 3.63) is 6.33 Å². The molecule has 4 unspecified atom stereocenters. The average Bonchev–Trinajstić information content (AvgIpc) is 3.17. The van der Waals surface area contributed by atoms with Gasteiger partial charge in [-0.3, -0.25) is 0 Å². The minimum atomic E-state index is -0.986. The van der Waals surface area contributed by atoms with E-state index < -0.39 is 18.2 Å². The first-order valence-corrected chi connectivity index (χ1v) is 7.82. The summed E-state index contributed by atoms with van der Waals surface area (Å²) in [5.74, 6) is 0.366.